The summed E-state index contributed by atoms with van der Waals surface area (Å²) in [5.41, 5.74) is 5.61. The second-order valence-corrected chi connectivity index (χ2v) is 10.1. The van der Waals surface area contributed by atoms with Crippen molar-refractivity contribution in [2.75, 3.05) is 20.2 Å². The predicted molar refractivity (Wildman–Crippen MR) is 134 cm³/mol. The maximum Gasteiger partial charge on any atom is 0.118 e. The molecule has 1 saturated carbocycles. The lowest BCUT2D eigenvalue weighted by atomic mass is 9.64. The number of nitrogens with zero attached hydrogens (tertiary/aromatic N) is 1. The molecule has 1 N–H and O–H groups in total. The molecule has 0 amide bonds. The van der Waals surface area contributed by atoms with E-state index >= 15 is 0 Å². The van der Waals surface area contributed by atoms with Crippen molar-refractivity contribution in [1.29, 1.82) is 0 Å². The Morgan fingerprint density at radius 3 is 2.52 bits per heavy atom. The molecule has 2 aliphatic carbocycles. The van der Waals surface area contributed by atoms with Gasteiger partial charge in [-0.2, -0.15) is 0 Å². The van der Waals surface area contributed by atoms with Gasteiger partial charge in [0.2, 0.25) is 0 Å². The standard InChI is InChI=1S/C30H33NO2/c1-33-25-11-8-21(9-12-25)30(32)22-14-16-31(17-15-22)19-28-26-5-3-2-4-23(26)18-24-7-6-20-10-13-27(20)29(24)28/h2-9,11-12,18,20,22,27,30,32H,10,13-17,19H2,1H3. The van der Waals surface area contributed by atoms with E-state index in [2.05, 4.69) is 47.4 Å². The molecule has 3 heteroatoms. The molecule has 2 fully saturated rings. The van der Waals surface area contributed by atoms with Gasteiger partial charge in [-0.05, 0) is 108 Å². The summed E-state index contributed by atoms with van der Waals surface area (Å²) >= 11 is 0. The number of aliphatic hydroxyl groups is 1. The summed E-state index contributed by atoms with van der Waals surface area (Å²) in [6.45, 7) is 3.10. The van der Waals surface area contributed by atoms with E-state index in [-0.39, 0.29) is 0 Å². The largest absolute Gasteiger partial charge is 0.497 e. The fourth-order valence-electron chi connectivity index (χ4n) is 6.27. The molecule has 0 spiro atoms. The molecule has 3 aliphatic rings. The minimum atomic E-state index is -0.399. The lowest BCUT2D eigenvalue weighted by Crippen LogP contribution is -2.36. The zero-order chi connectivity index (χ0) is 22.4. The third-order valence-corrected chi connectivity index (χ3v) is 8.37. The predicted octanol–water partition coefficient (Wildman–Crippen LogP) is 6.31. The Balaban J connectivity index is 1.21. The molecule has 3 unspecified atom stereocenters. The van der Waals surface area contributed by atoms with Gasteiger partial charge in [0.05, 0.1) is 13.2 Å². The van der Waals surface area contributed by atoms with E-state index in [9.17, 15) is 5.11 Å². The quantitative estimate of drug-likeness (QED) is 0.505. The molecule has 1 heterocycles. The van der Waals surface area contributed by atoms with Crippen molar-refractivity contribution in [3.63, 3.8) is 0 Å². The van der Waals surface area contributed by atoms with Crippen LogP contribution in [-0.4, -0.2) is 30.2 Å². The van der Waals surface area contributed by atoms with Crippen LogP contribution in [0.25, 0.3) is 16.8 Å². The van der Waals surface area contributed by atoms with Gasteiger partial charge in [0.1, 0.15) is 5.75 Å². The molecule has 0 bridgehead atoms. The summed E-state index contributed by atoms with van der Waals surface area (Å²) in [5, 5.41) is 13.8. The van der Waals surface area contributed by atoms with Crippen LogP contribution in [0.1, 0.15) is 60.0 Å². The summed E-state index contributed by atoms with van der Waals surface area (Å²) < 4.78 is 5.26. The van der Waals surface area contributed by atoms with Gasteiger partial charge in [0.15, 0.2) is 0 Å². The van der Waals surface area contributed by atoms with E-state index in [1.54, 1.807) is 18.2 Å². The molecule has 170 valence electrons. The topological polar surface area (TPSA) is 32.7 Å². The van der Waals surface area contributed by atoms with E-state index in [0.717, 1.165) is 49.7 Å². The number of rotatable bonds is 5. The lowest BCUT2D eigenvalue weighted by molar-refractivity contribution is 0.0567. The van der Waals surface area contributed by atoms with Crippen LogP contribution in [0.3, 0.4) is 0 Å². The fourth-order valence-corrected chi connectivity index (χ4v) is 6.27. The Kier molecular flexibility index (Phi) is 5.48. The first-order chi connectivity index (χ1) is 16.2. The first-order valence-electron chi connectivity index (χ1n) is 12.5. The zero-order valence-corrected chi connectivity index (χ0v) is 19.4. The van der Waals surface area contributed by atoms with Gasteiger partial charge in [-0.15, -0.1) is 0 Å². The number of methoxy groups -OCH3 is 1. The molecule has 3 aromatic carbocycles. The number of piperidine rings is 1. The van der Waals surface area contributed by atoms with E-state index in [0.29, 0.717) is 11.8 Å². The number of hydrogen-bond acceptors (Lipinski definition) is 3. The van der Waals surface area contributed by atoms with Gasteiger partial charge in [-0.3, -0.25) is 4.90 Å². The smallest absolute Gasteiger partial charge is 0.118 e. The van der Waals surface area contributed by atoms with Crippen molar-refractivity contribution in [3.8, 4) is 5.75 Å². The van der Waals surface area contributed by atoms with Crippen LogP contribution in [0.4, 0.5) is 0 Å². The van der Waals surface area contributed by atoms with Gasteiger partial charge >= 0.3 is 0 Å². The molecule has 1 aliphatic heterocycles. The summed E-state index contributed by atoms with van der Waals surface area (Å²) in [6, 6.07) is 19.2. The van der Waals surface area contributed by atoms with Crippen LogP contribution >= 0.6 is 0 Å². The van der Waals surface area contributed by atoms with E-state index < -0.39 is 6.10 Å². The number of likely N-dealkylation sites (tertiary alicyclic amines) is 1. The van der Waals surface area contributed by atoms with Crippen LogP contribution in [0.2, 0.25) is 0 Å². The van der Waals surface area contributed by atoms with Gasteiger partial charge in [-0.1, -0.05) is 48.6 Å². The summed E-state index contributed by atoms with van der Waals surface area (Å²) in [7, 11) is 1.68. The third-order valence-electron chi connectivity index (χ3n) is 8.37. The molecule has 3 aromatic rings. The number of benzene rings is 3. The average Bonchev–Trinajstić information content (AvgIpc) is 2.84. The van der Waals surface area contributed by atoms with Crippen LogP contribution < -0.4 is 4.74 Å². The zero-order valence-electron chi connectivity index (χ0n) is 19.4. The number of fused-ring (bicyclic) bond motifs is 4. The number of ether oxygens (including phenoxy) is 1. The van der Waals surface area contributed by atoms with Crippen molar-refractivity contribution < 1.29 is 9.84 Å². The van der Waals surface area contributed by atoms with E-state index in [1.165, 1.54) is 29.2 Å². The normalized spacial score (nSPS) is 23.6. The molecule has 1 saturated heterocycles. The lowest BCUT2D eigenvalue weighted by Gasteiger charge is -2.41. The number of hydrogen-bond donors (Lipinski definition) is 1. The van der Waals surface area contributed by atoms with Gasteiger partial charge < -0.3 is 9.84 Å². The SMILES string of the molecule is COc1ccc(C(O)C2CCN(Cc3c4c(cc5ccccc35)C=CC3CCC43)CC2)cc1. The van der Waals surface area contributed by atoms with Crippen molar-refractivity contribution in [1.82, 2.24) is 4.90 Å². The molecule has 0 radical (unpaired) electrons. The minimum Gasteiger partial charge on any atom is -0.497 e. The van der Waals surface area contributed by atoms with E-state index in [1.807, 2.05) is 24.3 Å². The monoisotopic (exact) mass is 439 g/mol. The Morgan fingerprint density at radius 1 is 1.00 bits per heavy atom. The number of aliphatic hydroxyl groups excluding tert-OH is 1. The third kappa shape index (κ3) is 3.78. The first kappa shape index (κ1) is 20.9. The molecule has 3 nitrogen and oxygen atoms in total. The highest BCUT2D eigenvalue weighted by Crippen LogP contribution is 2.50. The highest BCUT2D eigenvalue weighted by Gasteiger charge is 2.36. The Labute approximate surface area is 196 Å². The second kappa shape index (κ2) is 8.62. The molecule has 6 rings (SSSR count). The molecule has 3 atom stereocenters. The molecule has 0 aromatic heterocycles. The summed E-state index contributed by atoms with van der Waals surface area (Å²) in [5.74, 6) is 2.60. The van der Waals surface area contributed by atoms with Crippen LogP contribution in [0.5, 0.6) is 5.75 Å². The minimum absolute atomic E-state index is 0.315. The maximum absolute atomic E-state index is 11.0. The molecular weight excluding hydrogens is 406 g/mol. The summed E-state index contributed by atoms with van der Waals surface area (Å²) in [4.78, 5) is 2.62. The highest BCUT2D eigenvalue weighted by molar-refractivity contribution is 5.90. The number of allylic oxidation sites excluding steroid dienone is 1. The Morgan fingerprint density at radius 2 is 1.79 bits per heavy atom. The highest BCUT2D eigenvalue weighted by atomic mass is 16.5. The van der Waals surface area contributed by atoms with Crippen molar-refractivity contribution in [3.05, 3.63) is 82.9 Å². The summed E-state index contributed by atoms with van der Waals surface area (Å²) in [6.07, 6.45) is 9.15. The van der Waals surface area contributed by atoms with E-state index in [4.69, 9.17) is 4.74 Å². The van der Waals surface area contributed by atoms with Crippen LogP contribution in [-0.2, 0) is 6.54 Å². The van der Waals surface area contributed by atoms with Crippen molar-refractivity contribution in [2.45, 2.75) is 44.2 Å². The Bertz CT molecular complexity index is 1170. The second-order valence-electron chi connectivity index (χ2n) is 10.1. The molecule has 33 heavy (non-hydrogen) atoms. The van der Waals surface area contributed by atoms with Crippen molar-refractivity contribution >= 4 is 16.8 Å². The van der Waals surface area contributed by atoms with Gasteiger partial charge in [0.25, 0.3) is 0 Å². The average molecular weight is 440 g/mol. The Hall–Kier alpha value is -2.62. The van der Waals surface area contributed by atoms with Gasteiger partial charge in [-0.25, -0.2) is 0 Å². The maximum atomic E-state index is 11.0. The van der Waals surface area contributed by atoms with Crippen molar-refractivity contribution in [2.24, 2.45) is 11.8 Å². The molecular formula is C30H33NO2. The first-order valence-corrected chi connectivity index (χ1v) is 12.5. The van der Waals surface area contributed by atoms with Gasteiger partial charge in [0, 0.05) is 6.54 Å². The van der Waals surface area contributed by atoms with Crippen LogP contribution in [0.15, 0.2) is 60.7 Å². The fraction of sp³-hybridized carbons (Fsp3) is 0.400. The van der Waals surface area contributed by atoms with Crippen LogP contribution in [0, 0.1) is 11.8 Å².